The van der Waals surface area contributed by atoms with Crippen molar-refractivity contribution in [1.82, 2.24) is 10.2 Å². The zero-order chi connectivity index (χ0) is 32.6. The normalized spacial score (nSPS) is 12.0. The van der Waals surface area contributed by atoms with E-state index in [-0.39, 0.29) is 29.1 Å². The molecule has 0 saturated carbocycles. The third-order valence-electron chi connectivity index (χ3n) is 6.87. The molecule has 0 fully saturated rings. The van der Waals surface area contributed by atoms with E-state index in [2.05, 4.69) is 5.32 Å². The number of anilines is 1. The molecule has 0 aromatic heterocycles. The van der Waals surface area contributed by atoms with Gasteiger partial charge in [0, 0.05) is 12.6 Å². The van der Waals surface area contributed by atoms with Gasteiger partial charge in [-0.3, -0.25) is 13.9 Å². The summed E-state index contributed by atoms with van der Waals surface area (Å²) >= 11 is 12.4. The maximum atomic E-state index is 14.2. The fourth-order valence-electron chi connectivity index (χ4n) is 4.69. The minimum atomic E-state index is -4.21. The van der Waals surface area contributed by atoms with Gasteiger partial charge in [0.2, 0.25) is 11.8 Å². The molecule has 0 spiro atoms. The zero-order valence-corrected chi connectivity index (χ0v) is 27.5. The summed E-state index contributed by atoms with van der Waals surface area (Å²) in [5.41, 5.74) is 0.884. The molecule has 4 rings (SSSR count). The Hall–Kier alpha value is -4.05. The van der Waals surface area contributed by atoms with Gasteiger partial charge in [0.1, 0.15) is 24.1 Å². The van der Waals surface area contributed by atoms with Crippen molar-refractivity contribution in [3.8, 4) is 11.5 Å². The smallest absolute Gasteiger partial charge is 0.264 e. The number of carbonyl (C=O) groups is 2. The number of carbonyl (C=O) groups excluding carboxylic acids is 2. The van der Waals surface area contributed by atoms with Crippen LogP contribution < -0.4 is 14.4 Å². The molecule has 1 N–H and O–H groups in total. The fourth-order valence-corrected chi connectivity index (χ4v) is 6.44. The van der Waals surface area contributed by atoms with Crippen molar-refractivity contribution in [3.63, 3.8) is 0 Å². The zero-order valence-electron chi connectivity index (χ0n) is 25.2. The molecule has 11 heteroatoms. The van der Waals surface area contributed by atoms with Crippen molar-refractivity contribution in [2.45, 2.75) is 50.7 Å². The van der Waals surface area contributed by atoms with Gasteiger partial charge in [0.15, 0.2) is 0 Å². The van der Waals surface area contributed by atoms with Crippen LogP contribution in [0, 0.1) is 0 Å². The summed E-state index contributed by atoms with van der Waals surface area (Å²) in [6.07, 6.45) is 0.294. The Balaban J connectivity index is 1.72. The Labute approximate surface area is 274 Å². The van der Waals surface area contributed by atoms with Crippen molar-refractivity contribution < 1.29 is 22.7 Å². The van der Waals surface area contributed by atoms with Crippen molar-refractivity contribution >= 4 is 50.7 Å². The third-order valence-corrected chi connectivity index (χ3v) is 9.39. The number of hydrogen-bond donors (Lipinski definition) is 1. The van der Waals surface area contributed by atoms with Crippen LogP contribution in [0.15, 0.2) is 108 Å². The summed E-state index contributed by atoms with van der Waals surface area (Å²) in [4.78, 5) is 28.9. The molecule has 236 valence electrons. The van der Waals surface area contributed by atoms with Gasteiger partial charge < -0.3 is 15.0 Å². The highest BCUT2D eigenvalue weighted by atomic mass is 35.5. The first-order valence-electron chi connectivity index (χ1n) is 14.4. The quantitative estimate of drug-likeness (QED) is 0.161. The van der Waals surface area contributed by atoms with Gasteiger partial charge in [-0.1, -0.05) is 72.6 Å². The summed E-state index contributed by atoms with van der Waals surface area (Å²) in [5.74, 6) is 0.195. The number of rotatable bonds is 13. The Morgan fingerprint density at radius 3 is 2.00 bits per heavy atom. The molecule has 4 aromatic carbocycles. The SMILES string of the molecule is CC[C@@H](C(=O)NC(C)C)N(Cc1ccc(Cl)c(Cl)c1)C(=O)CN(c1ccc(Oc2ccccc2)cc1)S(=O)(=O)c1ccccc1. The van der Waals surface area contributed by atoms with E-state index >= 15 is 0 Å². The number of sulfonamides is 1. The largest absolute Gasteiger partial charge is 0.457 e. The Bertz CT molecular complexity index is 1700. The molecule has 8 nitrogen and oxygen atoms in total. The van der Waals surface area contributed by atoms with Gasteiger partial charge in [-0.2, -0.15) is 0 Å². The van der Waals surface area contributed by atoms with Gasteiger partial charge >= 0.3 is 0 Å². The molecule has 0 radical (unpaired) electrons. The molecular weight excluding hydrogens is 633 g/mol. The molecule has 0 heterocycles. The van der Waals surface area contributed by atoms with E-state index in [1.54, 1.807) is 79.7 Å². The first-order valence-corrected chi connectivity index (χ1v) is 16.6. The Morgan fingerprint density at radius 1 is 0.822 bits per heavy atom. The third kappa shape index (κ3) is 8.78. The maximum Gasteiger partial charge on any atom is 0.264 e. The minimum absolute atomic E-state index is 0.00280. The highest BCUT2D eigenvalue weighted by Gasteiger charge is 2.34. The van der Waals surface area contributed by atoms with E-state index in [0.717, 1.165) is 4.31 Å². The minimum Gasteiger partial charge on any atom is -0.457 e. The highest BCUT2D eigenvalue weighted by molar-refractivity contribution is 7.92. The summed E-state index contributed by atoms with van der Waals surface area (Å²) in [7, 11) is -4.21. The summed E-state index contributed by atoms with van der Waals surface area (Å²) < 4.78 is 35.0. The van der Waals surface area contributed by atoms with E-state index < -0.39 is 28.5 Å². The molecule has 0 aliphatic carbocycles. The Morgan fingerprint density at radius 2 is 1.42 bits per heavy atom. The topological polar surface area (TPSA) is 96.0 Å². The van der Waals surface area contributed by atoms with Crippen LogP contribution in [-0.2, 0) is 26.2 Å². The number of halogens is 2. The van der Waals surface area contributed by atoms with Crippen LogP contribution in [0.25, 0.3) is 0 Å². The number of nitrogens with zero attached hydrogens (tertiary/aromatic N) is 2. The van der Waals surface area contributed by atoms with Crippen LogP contribution in [0.3, 0.4) is 0 Å². The van der Waals surface area contributed by atoms with Crippen LogP contribution in [0.1, 0.15) is 32.8 Å². The lowest BCUT2D eigenvalue weighted by Gasteiger charge is -2.33. The molecular formula is C34H35Cl2N3O5S. The molecule has 2 amide bonds. The average molecular weight is 669 g/mol. The van der Waals surface area contributed by atoms with Gasteiger partial charge in [-0.05, 0) is 86.5 Å². The first kappa shape index (κ1) is 33.8. The second kappa shape index (κ2) is 15.3. The Kier molecular flexibility index (Phi) is 11.5. The van der Waals surface area contributed by atoms with Crippen LogP contribution in [0.2, 0.25) is 10.0 Å². The standard InChI is InChI=1S/C34H35Cl2N3O5S/c1-4-32(34(41)37-24(2)3)38(22-25-15-20-30(35)31(36)21-25)33(40)23-39(45(42,43)29-13-9-6-10-14-29)26-16-18-28(19-17-26)44-27-11-7-5-8-12-27/h5-21,24,32H,4,22-23H2,1-3H3,(H,37,41)/t32-/m0/s1. The number of amides is 2. The van der Waals surface area contributed by atoms with E-state index in [1.165, 1.54) is 17.0 Å². The molecule has 0 aliphatic heterocycles. The number of hydrogen-bond acceptors (Lipinski definition) is 5. The van der Waals surface area contributed by atoms with Crippen molar-refractivity contribution in [3.05, 3.63) is 119 Å². The highest BCUT2D eigenvalue weighted by Crippen LogP contribution is 2.29. The predicted molar refractivity (Wildman–Crippen MR) is 178 cm³/mol. The molecule has 0 saturated heterocycles. The lowest BCUT2D eigenvalue weighted by Crippen LogP contribution is -2.53. The molecule has 0 bridgehead atoms. The maximum absolute atomic E-state index is 14.2. The lowest BCUT2D eigenvalue weighted by atomic mass is 10.1. The number of benzene rings is 4. The number of ether oxygens (including phenoxy) is 1. The van der Waals surface area contributed by atoms with Gasteiger partial charge in [0.05, 0.1) is 20.6 Å². The van der Waals surface area contributed by atoms with Crippen LogP contribution >= 0.6 is 23.2 Å². The molecule has 45 heavy (non-hydrogen) atoms. The van der Waals surface area contributed by atoms with E-state index in [1.807, 2.05) is 32.0 Å². The van der Waals surface area contributed by atoms with Crippen molar-refractivity contribution in [2.75, 3.05) is 10.8 Å². The predicted octanol–water partition coefficient (Wildman–Crippen LogP) is 7.31. The molecule has 1 atom stereocenters. The summed E-state index contributed by atoms with van der Waals surface area (Å²) in [6, 6.07) is 27.4. The second-order valence-corrected chi connectivity index (χ2v) is 13.3. The lowest BCUT2D eigenvalue weighted by molar-refractivity contribution is -0.140. The fraction of sp³-hybridized carbons (Fsp3) is 0.235. The van der Waals surface area contributed by atoms with E-state index in [0.29, 0.717) is 33.5 Å². The molecule has 0 unspecified atom stereocenters. The van der Waals surface area contributed by atoms with Crippen LogP contribution in [0.4, 0.5) is 5.69 Å². The second-order valence-electron chi connectivity index (χ2n) is 10.6. The average Bonchev–Trinajstić information content (AvgIpc) is 3.02. The van der Waals surface area contributed by atoms with Gasteiger partial charge in [0.25, 0.3) is 10.0 Å². The van der Waals surface area contributed by atoms with Gasteiger partial charge in [-0.25, -0.2) is 8.42 Å². The van der Waals surface area contributed by atoms with Crippen LogP contribution in [0.5, 0.6) is 11.5 Å². The number of para-hydroxylation sites is 1. The van der Waals surface area contributed by atoms with Gasteiger partial charge in [-0.15, -0.1) is 0 Å². The van der Waals surface area contributed by atoms with E-state index in [4.69, 9.17) is 27.9 Å². The van der Waals surface area contributed by atoms with Crippen molar-refractivity contribution in [2.24, 2.45) is 0 Å². The monoisotopic (exact) mass is 667 g/mol. The van der Waals surface area contributed by atoms with Crippen LogP contribution in [-0.4, -0.2) is 43.8 Å². The first-order chi connectivity index (χ1) is 21.5. The molecule has 4 aromatic rings. The number of nitrogens with one attached hydrogen (secondary N) is 1. The summed E-state index contributed by atoms with van der Waals surface area (Å²) in [6.45, 7) is 4.89. The molecule has 0 aliphatic rings. The summed E-state index contributed by atoms with van der Waals surface area (Å²) in [5, 5.41) is 3.53. The van der Waals surface area contributed by atoms with E-state index in [9.17, 15) is 18.0 Å². The van der Waals surface area contributed by atoms with Crippen molar-refractivity contribution in [1.29, 1.82) is 0 Å².